The van der Waals surface area contributed by atoms with Gasteiger partial charge in [0.1, 0.15) is 0 Å². The lowest BCUT2D eigenvalue weighted by Gasteiger charge is -2.01. The first-order valence-electron chi connectivity index (χ1n) is 6.75. The highest BCUT2D eigenvalue weighted by atomic mass is 14.0. The Bertz CT molecular complexity index is 779. The fourth-order valence-corrected chi connectivity index (χ4v) is 2.35. The molecule has 0 aliphatic heterocycles. The van der Waals surface area contributed by atoms with Gasteiger partial charge < -0.3 is 0 Å². The van der Waals surface area contributed by atoms with Gasteiger partial charge in [0.2, 0.25) is 0 Å². The van der Waals surface area contributed by atoms with Gasteiger partial charge in [0.15, 0.2) is 0 Å². The van der Waals surface area contributed by atoms with Gasteiger partial charge in [0.05, 0.1) is 0 Å². The molecule has 0 amide bonds. The summed E-state index contributed by atoms with van der Waals surface area (Å²) in [6.45, 7) is 3.85. The van der Waals surface area contributed by atoms with Crippen molar-refractivity contribution in [1.29, 1.82) is 0 Å². The van der Waals surface area contributed by atoms with E-state index in [0.717, 1.165) is 5.56 Å². The van der Waals surface area contributed by atoms with Crippen LogP contribution in [0, 0.1) is 0 Å². The van der Waals surface area contributed by atoms with E-state index in [9.17, 15) is 0 Å². The fraction of sp³-hybridized carbons (Fsp3) is 0. The van der Waals surface area contributed by atoms with Crippen LogP contribution in [-0.4, -0.2) is 0 Å². The Labute approximate surface area is 119 Å². The quantitative estimate of drug-likeness (QED) is 0.531. The molecule has 0 aliphatic carbocycles. The third kappa shape index (κ3) is 2.55. The minimum absolute atomic E-state index is 1.16. The highest BCUT2D eigenvalue weighted by Crippen LogP contribution is 2.18. The second-order valence-corrected chi connectivity index (χ2v) is 4.77. The molecule has 0 radical (unpaired) electrons. The molecule has 0 N–H and O–H groups in total. The van der Waals surface area contributed by atoms with Crippen molar-refractivity contribution in [2.75, 3.05) is 0 Å². The third-order valence-corrected chi connectivity index (χ3v) is 3.44. The number of rotatable bonds is 3. The van der Waals surface area contributed by atoms with E-state index in [1.54, 1.807) is 0 Å². The lowest BCUT2D eigenvalue weighted by Crippen LogP contribution is -1.79. The first kappa shape index (κ1) is 12.4. The molecule has 3 aromatic carbocycles. The summed E-state index contributed by atoms with van der Waals surface area (Å²) >= 11 is 0. The molecule has 0 spiro atoms. The number of hydrogen-bond acceptors (Lipinski definition) is 0. The van der Waals surface area contributed by atoms with Crippen molar-refractivity contribution in [3.05, 3.63) is 90.0 Å². The van der Waals surface area contributed by atoms with Gasteiger partial charge in [0.25, 0.3) is 0 Å². The molecule has 0 heteroatoms. The molecule has 0 saturated heterocycles. The van der Waals surface area contributed by atoms with Crippen molar-refractivity contribution in [2.24, 2.45) is 0 Å². The van der Waals surface area contributed by atoms with Gasteiger partial charge in [0, 0.05) is 0 Å². The van der Waals surface area contributed by atoms with E-state index in [1.165, 1.54) is 21.9 Å². The Morgan fingerprint density at radius 3 is 2.15 bits per heavy atom. The Balaban J connectivity index is 1.96. The average molecular weight is 256 g/mol. The molecule has 3 rings (SSSR count). The molecule has 0 nitrogen and oxygen atoms in total. The van der Waals surface area contributed by atoms with E-state index < -0.39 is 0 Å². The van der Waals surface area contributed by atoms with E-state index in [0.29, 0.717) is 0 Å². The Morgan fingerprint density at radius 1 is 0.650 bits per heavy atom. The van der Waals surface area contributed by atoms with Crippen molar-refractivity contribution >= 4 is 29.0 Å². The Kier molecular flexibility index (Phi) is 3.47. The first-order valence-corrected chi connectivity index (χ1v) is 6.75. The van der Waals surface area contributed by atoms with Crippen LogP contribution in [0.25, 0.3) is 29.0 Å². The zero-order valence-corrected chi connectivity index (χ0v) is 11.3. The van der Waals surface area contributed by atoms with E-state index in [1.807, 2.05) is 18.2 Å². The standard InChI is InChI=1S/C20H16/c1-2-17-7-3-4-8-18(17)13-11-16-12-14-19-9-5-6-10-20(19)15-16/h2-15H,1H2/b13-11+. The summed E-state index contributed by atoms with van der Waals surface area (Å²) in [5, 5.41) is 2.54. The molecule has 0 fully saturated rings. The lowest BCUT2D eigenvalue weighted by atomic mass is 10.0. The lowest BCUT2D eigenvalue weighted by molar-refractivity contribution is 1.61. The predicted molar refractivity (Wildman–Crippen MR) is 89.4 cm³/mol. The molecule has 3 aromatic rings. The second-order valence-electron chi connectivity index (χ2n) is 4.77. The predicted octanol–water partition coefficient (Wildman–Crippen LogP) is 5.65. The number of benzene rings is 3. The van der Waals surface area contributed by atoms with Crippen LogP contribution in [0.5, 0.6) is 0 Å². The number of hydrogen-bond donors (Lipinski definition) is 0. The molecule has 0 bridgehead atoms. The maximum Gasteiger partial charge on any atom is -0.0178 e. The second kappa shape index (κ2) is 5.58. The third-order valence-electron chi connectivity index (χ3n) is 3.44. The van der Waals surface area contributed by atoms with Crippen LogP contribution < -0.4 is 0 Å². The molecule has 0 atom stereocenters. The number of fused-ring (bicyclic) bond motifs is 1. The summed E-state index contributed by atoms with van der Waals surface area (Å²) in [5.41, 5.74) is 3.56. The van der Waals surface area contributed by atoms with Gasteiger partial charge in [-0.2, -0.15) is 0 Å². The van der Waals surface area contributed by atoms with Crippen molar-refractivity contribution < 1.29 is 0 Å². The summed E-state index contributed by atoms with van der Waals surface area (Å²) in [6, 6.07) is 23.2. The molecule has 20 heavy (non-hydrogen) atoms. The van der Waals surface area contributed by atoms with Crippen LogP contribution in [-0.2, 0) is 0 Å². The molecule has 0 unspecified atom stereocenters. The SMILES string of the molecule is C=Cc1ccccc1/C=C/c1ccc2ccccc2c1. The average Bonchev–Trinajstić information content (AvgIpc) is 2.53. The smallest absolute Gasteiger partial charge is 0.0178 e. The summed E-state index contributed by atoms with van der Waals surface area (Å²) in [4.78, 5) is 0. The van der Waals surface area contributed by atoms with Crippen LogP contribution in [0.1, 0.15) is 16.7 Å². The summed E-state index contributed by atoms with van der Waals surface area (Å²) in [7, 11) is 0. The molecular formula is C20H16. The van der Waals surface area contributed by atoms with Gasteiger partial charge in [-0.05, 0) is 33.5 Å². The molecule has 0 aromatic heterocycles. The zero-order chi connectivity index (χ0) is 13.8. The van der Waals surface area contributed by atoms with Crippen LogP contribution >= 0.6 is 0 Å². The van der Waals surface area contributed by atoms with Crippen LogP contribution in [0.4, 0.5) is 0 Å². The monoisotopic (exact) mass is 256 g/mol. The van der Waals surface area contributed by atoms with E-state index in [4.69, 9.17) is 0 Å². The Morgan fingerprint density at radius 2 is 1.35 bits per heavy atom. The normalized spacial score (nSPS) is 11.0. The van der Waals surface area contributed by atoms with E-state index in [-0.39, 0.29) is 0 Å². The van der Waals surface area contributed by atoms with E-state index in [2.05, 4.69) is 73.3 Å². The van der Waals surface area contributed by atoms with Gasteiger partial charge in [-0.1, -0.05) is 85.5 Å². The van der Waals surface area contributed by atoms with Crippen LogP contribution in [0.3, 0.4) is 0 Å². The Hall–Kier alpha value is -2.60. The minimum Gasteiger partial charge on any atom is -0.0984 e. The molecule has 0 aliphatic rings. The first-order chi connectivity index (χ1) is 9.86. The van der Waals surface area contributed by atoms with Gasteiger partial charge >= 0.3 is 0 Å². The molecule has 0 heterocycles. The van der Waals surface area contributed by atoms with Crippen LogP contribution in [0.15, 0.2) is 73.3 Å². The fourth-order valence-electron chi connectivity index (χ4n) is 2.35. The van der Waals surface area contributed by atoms with Crippen molar-refractivity contribution in [3.8, 4) is 0 Å². The van der Waals surface area contributed by atoms with Crippen molar-refractivity contribution in [1.82, 2.24) is 0 Å². The maximum atomic E-state index is 3.85. The summed E-state index contributed by atoms with van der Waals surface area (Å²) < 4.78 is 0. The summed E-state index contributed by atoms with van der Waals surface area (Å²) in [5.74, 6) is 0. The van der Waals surface area contributed by atoms with Gasteiger partial charge in [-0.25, -0.2) is 0 Å². The van der Waals surface area contributed by atoms with Crippen molar-refractivity contribution in [3.63, 3.8) is 0 Å². The maximum absolute atomic E-state index is 3.85. The summed E-state index contributed by atoms with van der Waals surface area (Å²) in [6.07, 6.45) is 6.18. The van der Waals surface area contributed by atoms with Gasteiger partial charge in [-0.15, -0.1) is 0 Å². The van der Waals surface area contributed by atoms with E-state index >= 15 is 0 Å². The highest BCUT2D eigenvalue weighted by molar-refractivity contribution is 5.86. The zero-order valence-electron chi connectivity index (χ0n) is 11.3. The highest BCUT2D eigenvalue weighted by Gasteiger charge is 1.95. The minimum atomic E-state index is 1.16. The van der Waals surface area contributed by atoms with Crippen molar-refractivity contribution in [2.45, 2.75) is 0 Å². The molecule has 0 saturated carbocycles. The van der Waals surface area contributed by atoms with Gasteiger partial charge in [-0.3, -0.25) is 0 Å². The van der Waals surface area contributed by atoms with Crippen LogP contribution in [0.2, 0.25) is 0 Å². The molecular weight excluding hydrogens is 240 g/mol. The topological polar surface area (TPSA) is 0 Å². The molecule has 96 valence electrons. The largest absolute Gasteiger partial charge is 0.0984 e.